The second-order valence-corrected chi connectivity index (χ2v) is 12.7. The average Bonchev–Trinajstić information content (AvgIpc) is 3.11. The Hall–Kier alpha value is -6.05. The molecule has 0 saturated heterocycles. The highest BCUT2D eigenvalue weighted by Crippen LogP contribution is 2.43. The molecular formula is C38H37F3N6O5. The number of fused-ring (bicyclic) bond motifs is 2. The van der Waals surface area contributed by atoms with Crippen molar-refractivity contribution in [3.05, 3.63) is 119 Å². The lowest BCUT2D eigenvalue weighted by Gasteiger charge is -2.42. The molecule has 14 heteroatoms. The lowest BCUT2D eigenvalue weighted by molar-refractivity contribution is -0.137. The molecule has 1 unspecified atom stereocenters. The number of para-hydroxylation sites is 1. The van der Waals surface area contributed by atoms with Gasteiger partial charge in [0.2, 0.25) is 5.91 Å². The molecule has 4 aromatic rings. The topological polar surface area (TPSA) is 151 Å². The molecule has 6 amide bonds. The fourth-order valence-electron chi connectivity index (χ4n) is 7.02. The number of carbonyl (C=O) groups is 4. The standard InChI is InChI=1S/C38H37F3N6O5/c1-22(24-7-4-3-5-8-24)46-33-26(9-6-10-32(33)52-2)20-31(35(46)49)47(37(43)51)28-15-11-23(12-16-28)17-18-45-30-21-27(38(39,40)41)14-13-25(30)19-29(34(45)48)44-36(42)50/h3-16,21-22,29,31H,17-20H2,1-2H3,(H2,43,51)(H3,42,44,50)/t22-,29?,31+/m0/s1. The summed E-state index contributed by atoms with van der Waals surface area (Å²) in [5, 5.41) is 2.38. The lowest BCUT2D eigenvalue weighted by atomic mass is 9.92. The molecule has 0 aliphatic carbocycles. The Bertz CT molecular complexity index is 2010. The van der Waals surface area contributed by atoms with Gasteiger partial charge in [0, 0.05) is 30.8 Å². The van der Waals surface area contributed by atoms with Crippen molar-refractivity contribution in [1.82, 2.24) is 5.32 Å². The van der Waals surface area contributed by atoms with Gasteiger partial charge in [0.05, 0.1) is 24.4 Å². The second kappa shape index (κ2) is 14.3. The minimum atomic E-state index is -4.63. The third-order valence-corrected chi connectivity index (χ3v) is 9.54. The van der Waals surface area contributed by atoms with Gasteiger partial charge in [-0.2, -0.15) is 13.2 Å². The highest BCUT2D eigenvalue weighted by molar-refractivity contribution is 6.08. The van der Waals surface area contributed by atoms with E-state index >= 15 is 0 Å². The summed E-state index contributed by atoms with van der Waals surface area (Å²) in [7, 11) is 1.53. The van der Waals surface area contributed by atoms with Crippen molar-refractivity contribution in [2.24, 2.45) is 11.5 Å². The van der Waals surface area contributed by atoms with Gasteiger partial charge in [-0.1, -0.05) is 60.7 Å². The quantitative estimate of drug-likeness (QED) is 0.210. The number of urea groups is 2. The van der Waals surface area contributed by atoms with E-state index in [4.69, 9.17) is 16.2 Å². The van der Waals surface area contributed by atoms with E-state index in [1.807, 2.05) is 49.4 Å². The SMILES string of the molecule is COc1cccc2c1N([C@@H](C)c1ccccc1)C(=O)[C@H](N(C(N)=O)c1ccc(CCN3C(=O)C(NC(N)=O)Cc4ccc(C(F)(F)F)cc43)cc1)C2. The Kier molecular flexibility index (Phi) is 9.83. The van der Waals surface area contributed by atoms with Crippen LogP contribution in [0.2, 0.25) is 0 Å². The number of nitrogens with one attached hydrogen (secondary N) is 1. The van der Waals surface area contributed by atoms with Gasteiger partial charge in [0.15, 0.2) is 0 Å². The molecule has 0 fully saturated rings. The molecule has 0 radical (unpaired) electrons. The molecule has 0 aromatic heterocycles. The first kappa shape index (κ1) is 35.8. The molecule has 0 saturated carbocycles. The van der Waals surface area contributed by atoms with E-state index in [0.29, 0.717) is 28.3 Å². The highest BCUT2D eigenvalue weighted by Gasteiger charge is 2.42. The van der Waals surface area contributed by atoms with E-state index in [9.17, 15) is 32.3 Å². The van der Waals surface area contributed by atoms with Crippen molar-refractivity contribution in [3.8, 4) is 5.75 Å². The summed E-state index contributed by atoms with van der Waals surface area (Å²) in [6.07, 6.45) is -4.26. The number of methoxy groups -OCH3 is 1. The first-order valence-electron chi connectivity index (χ1n) is 16.6. The summed E-state index contributed by atoms with van der Waals surface area (Å²) in [6.45, 7) is 1.88. The predicted molar refractivity (Wildman–Crippen MR) is 189 cm³/mol. The van der Waals surface area contributed by atoms with Gasteiger partial charge in [-0.3, -0.25) is 19.4 Å². The molecule has 2 heterocycles. The largest absolute Gasteiger partial charge is 0.495 e. The maximum atomic E-state index is 14.4. The number of hydrogen-bond acceptors (Lipinski definition) is 5. The monoisotopic (exact) mass is 714 g/mol. The third-order valence-electron chi connectivity index (χ3n) is 9.54. The third kappa shape index (κ3) is 6.96. The molecule has 2 aliphatic heterocycles. The molecule has 4 aromatic carbocycles. The van der Waals surface area contributed by atoms with Gasteiger partial charge < -0.3 is 26.4 Å². The normalized spacial score (nSPS) is 17.6. The first-order chi connectivity index (χ1) is 24.8. The van der Waals surface area contributed by atoms with Crippen LogP contribution in [0.3, 0.4) is 0 Å². The van der Waals surface area contributed by atoms with Crippen molar-refractivity contribution in [2.75, 3.05) is 28.4 Å². The predicted octanol–water partition coefficient (Wildman–Crippen LogP) is 5.49. The van der Waals surface area contributed by atoms with Crippen LogP contribution in [0.15, 0.2) is 91.0 Å². The molecule has 6 rings (SSSR count). The maximum Gasteiger partial charge on any atom is 0.416 e. The minimum absolute atomic E-state index is 0.0118. The Labute approximate surface area is 297 Å². The summed E-state index contributed by atoms with van der Waals surface area (Å²) in [5.41, 5.74) is 14.2. The Morgan fingerprint density at radius 2 is 1.63 bits per heavy atom. The molecule has 3 atom stereocenters. The molecule has 0 spiro atoms. The number of rotatable bonds is 9. The van der Waals surface area contributed by atoms with Crippen molar-refractivity contribution in [1.29, 1.82) is 0 Å². The molecule has 270 valence electrons. The Morgan fingerprint density at radius 3 is 2.27 bits per heavy atom. The molecular weight excluding hydrogens is 677 g/mol. The van der Waals surface area contributed by atoms with Crippen LogP contribution in [-0.4, -0.2) is 49.6 Å². The number of benzene rings is 4. The second-order valence-electron chi connectivity index (χ2n) is 12.7. The molecule has 52 heavy (non-hydrogen) atoms. The summed E-state index contributed by atoms with van der Waals surface area (Å²) in [6, 6.07) is 20.5. The maximum absolute atomic E-state index is 14.4. The van der Waals surface area contributed by atoms with E-state index in [-0.39, 0.29) is 37.4 Å². The van der Waals surface area contributed by atoms with Gasteiger partial charge in [-0.15, -0.1) is 0 Å². The zero-order valence-electron chi connectivity index (χ0n) is 28.4. The van der Waals surface area contributed by atoms with Gasteiger partial charge in [0.1, 0.15) is 17.8 Å². The summed E-state index contributed by atoms with van der Waals surface area (Å²) in [4.78, 5) is 56.6. The van der Waals surface area contributed by atoms with E-state index < -0.39 is 47.8 Å². The Balaban J connectivity index is 1.27. The van der Waals surface area contributed by atoms with Gasteiger partial charge >= 0.3 is 18.2 Å². The van der Waals surface area contributed by atoms with Crippen molar-refractivity contribution in [3.63, 3.8) is 0 Å². The number of halogens is 3. The number of nitrogens with two attached hydrogens (primary N) is 2. The Morgan fingerprint density at radius 1 is 0.923 bits per heavy atom. The van der Waals surface area contributed by atoms with E-state index in [2.05, 4.69) is 5.32 Å². The zero-order valence-corrected chi connectivity index (χ0v) is 28.4. The molecule has 0 bridgehead atoms. The number of carbonyl (C=O) groups excluding carboxylic acids is 4. The van der Waals surface area contributed by atoms with E-state index in [1.165, 1.54) is 23.0 Å². The van der Waals surface area contributed by atoms with Crippen LogP contribution in [0.5, 0.6) is 5.75 Å². The molecule has 11 nitrogen and oxygen atoms in total. The fourth-order valence-corrected chi connectivity index (χ4v) is 7.02. The number of alkyl halides is 3. The van der Waals surface area contributed by atoms with Crippen molar-refractivity contribution < 1.29 is 37.1 Å². The minimum Gasteiger partial charge on any atom is -0.495 e. The van der Waals surface area contributed by atoms with Crippen LogP contribution in [-0.2, 0) is 35.0 Å². The number of amides is 6. The molecule has 2 aliphatic rings. The van der Waals surface area contributed by atoms with Gasteiger partial charge in [-0.25, -0.2) is 9.59 Å². The van der Waals surface area contributed by atoms with Crippen LogP contribution in [0.25, 0.3) is 0 Å². The lowest BCUT2D eigenvalue weighted by Crippen LogP contribution is -2.57. The number of nitrogens with zero attached hydrogens (tertiary/aromatic N) is 3. The van der Waals surface area contributed by atoms with Crippen LogP contribution >= 0.6 is 0 Å². The van der Waals surface area contributed by atoms with Crippen LogP contribution < -0.4 is 36.2 Å². The molecule has 5 N–H and O–H groups in total. The average molecular weight is 715 g/mol. The number of anilines is 3. The van der Waals surface area contributed by atoms with Crippen LogP contribution in [0.1, 0.15) is 40.8 Å². The van der Waals surface area contributed by atoms with Crippen LogP contribution in [0.4, 0.5) is 39.8 Å². The van der Waals surface area contributed by atoms with E-state index in [1.54, 1.807) is 35.2 Å². The van der Waals surface area contributed by atoms with Gasteiger partial charge in [-0.05, 0) is 65.9 Å². The van der Waals surface area contributed by atoms with E-state index in [0.717, 1.165) is 23.3 Å². The zero-order chi connectivity index (χ0) is 37.3. The summed E-state index contributed by atoms with van der Waals surface area (Å²) >= 11 is 0. The van der Waals surface area contributed by atoms with Gasteiger partial charge in [0.25, 0.3) is 5.91 Å². The summed E-state index contributed by atoms with van der Waals surface area (Å²) < 4.78 is 46.5. The number of hydrogen-bond donors (Lipinski definition) is 3. The van der Waals surface area contributed by atoms with Crippen LogP contribution in [0, 0.1) is 0 Å². The smallest absolute Gasteiger partial charge is 0.416 e. The number of primary amides is 2. The summed E-state index contributed by atoms with van der Waals surface area (Å²) in [5.74, 6) is -0.428. The van der Waals surface area contributed by atoms with Crippen molar-refractivity contribution >= 4 is 40.9 Å². The first-order valence-corrected chi connectivity index (χ1v) is 16.6. The highest BCUT2D eigenvalue weighted by atomic mass is 19.4. The fraction of sp³-hybridized carbons (Fsp3) is 0.263. The number of ether oxygens (including phenoxy) is 1. The van der Waals surface area contributed by atoms with Crippen molar-refractivity contribution in [2.45, 2.75) is 50.5 Å².